The minimum Gasteiger partial charge on any atom is -0.382 e. The summed E-state index contributed by atoms with van der Waals surface area (Å²) < 4.78 is 6.30. The van der Waals surface area contributed by atoms with Gasteiger partial charge in [-0.05, 0) is 56.2 Å². The fourth-order valence-corrected chi connectivity index (χ4v) is 4.38. The van der Waals surface area contributed by atoms with Crippen LogP contribution in [-0.2, 0) is 10.3 Å². The maximum Gasteiger partial charge on any atom is 0.116 e. The van der Waals surface area contributed by atoms with E-state index in [1.807, 2.05) is 18.2 Å². The maximum atomic E-state index is 11.4. The van der Waals surface area contributed by atoms with Crippen LogP contribution in [0.15, 0.2) is 30.3 Å². The molecule has 4 aliphatic rings. The summed E-state index contributed by atoms with van der Waals surface area (Å²) in [5.74, 6) is 1.06. The lowest BCUT2D eigenvalue weighted by Gasteiger charge is -2.47. The van der Waals surface area contributed by atoms with Crippen LogP contribution < -0.4 is 0 Å². The molecule has 1 aliphatic carbocycles. The average Bonchev–Trinajstić information content (AvgIpc) is 2.53. The number of ether oxygens (including phenoxy) is 1. The average molecular weight is 301 g/mol. The van der Waals surface area contributed by atoms with E-state index in [0.29, 0.717) is 24.5 Å². The zero-order chi connectivity index (χ0) is 15.0. The van der Waals surface area contributed by atoms with Gasteiger partial charge >= 0.3 is 0 Å². The minimum atomic E-state index is -0.800. The van der Waals surface area contributed by atoms with Crippen LogP contribution in [0.5, 0.6) is 0 Å². The van der Waals surface area contributed by atoms with Crippen molar-refractivity contribution in [2.45, 2.75) is 43.8 Å². The highest BCUT2D eigenvalue weighted by Gasteiger charge is 2.43. The van der Waals surface area contributed by atoms with Crippen molar-refractivity contribution in [3.05, 3.63) is 35.9 Å². The molecule has 0 spiro atoms. The highest BCUT2D eigenvalue weighted by molar-refractivity contribution is 5.24. The van der Waals surface area contributed by atoms with E-state index in [1.165, 1.54) is 32.4 Å². The van der Waals surface area contributed by atoms with Crippen molar-refractivity contribution in [3.8, 4) is 0 Å². The number of aliphatic hydroxyl groups is 1. The molecule has 1 aromatic carbocycles. The van der Waals surface area contributed by atoms with E-state index in [4.69, 9.17) is 4.74 Å². The van der Waals surface area contributed by atoms with Crippen LogP contribution in [0, 0.1) is 11.8 Å². The van der Waals surface area contributed by atoms with Crippen molar-refractivity contribution < 1.29 is 9.84 Å². The zero-order valence-electron chi connectivity index (χ0n) is 13.3. The molecule has 0 aromatic heterocycles. The molecule has 0 amide bonds. The topological polar surface area (TPSA) is 32.7 Å². The van der Waals surface area contributed by atoms with E-state index in [1.54, 1.807) is 0 Å². The molecule has 3 nitrogen and oxygen atoms in total. The van der Waals surface area contributed by atoms with Crippen LogP contribution in [0.2, 0.25) is 0 Å². The lowest BCUT2D eigenvalue weighted by molar-refractivity contribution is -0.155. The van der Waals surface area contributed by atoms with Gasteiger partial charge < -0.3 is 14.7 Å². The molecule has 0 radical (unpaired) electrons. The molecular weight excluding hydrogens is 274 g/mol. The molecule has 3 heterocycles. The van der Waals surface area contributed by atoms with Gasteiger partial charge in [0.15, 0.2) is 0 Å². The molecule has 1 saturated carbocycles. The van der Waals surface area contributed by atoms with Crippen molar-refractivity contribution >= 4 is 0 Å². The van der Waals surface area contributed by atoms with E-state index < -0.39 is 5.60 Å². The quantitative estimate of drug-likeness (QED) is 0.908. The van der Waals surface area contributed by atoms with Crippen LogP contribution in [0.4, 0.5) is 0 Å². The lowest BCUT2D eigenvalue weighted by Crippen LogP contribution is -2.53. The standard InChI is InChI=1S/C19H27NO2/c21-19(17-7-4-8-17,16-5-2-1-3-6-16)14-22-18-13-20-11-9-15(18)10-12-20/h1-3,5-6,15,17-18,21H,4,7-14H2/t18-,19-/m0/s1. The first-order chi connectivity index (χ1) is 10.8. The Hall–Kier alpha value is -0.900. The van der Waals surface area contributed by atoms with Gasteiger partial charge in [0.1, 0.15) is 5.60 Å². The predicted octanol–water partition coefficient (Wildman–Crippen LogP) is 2.79. The minimum absolute atomic E-state index is 0.317. The summed E-state index contributed by atoms with van der Waals surface area (Å²) in [6.07, 6.45) is 6.32. The second-order valence-corrected chi connectivity index (χ2v) is 7.41. The highest BCUT2D eigenvalue weighted by atomic mass is 16.5. The van der Waals surface area contributed by atoms with Gasteiger partial charge in [-0.15, -0.1) is 0 Å². The van der Waals surface area contributed by atoms with E-state index >= 15 is 0 Å². The Morgan fingerprint density at radius 2 is 1.82 bits per heavy atom. The Balaban J connectivity index is 1.47. The Bertz CT molecular complexity index is 493. The first kappa shape index (κ1) is 14.7. The molecule has 2 atom stereocenters. The van der Waals surface area contributed by atoms with E-state index in [0.717, 1.165) is 24.9 Å². The molecule has 1 aromatic rings. The number of rotatable bonds is 5. The highest BCUT2D eigenvalue weighted by Crippen LogP contribution is 2.43. The van der Waals surface area contributed by atoms with Crippen molar-refractivity contribution in [1.82, 2.24) is 4.90 Å². The van der Waals surface area contributed by atoms with Gasteiger partial charge in [0.2, 0.25) is 0 Å². The molecule has 3 heteroatoms. The van der Waals surface area contributed by atoms with Crippen LogP contribution in [0.3, 0.4) is 0 Å². The van der Waals surface area contributed by atoms with Crippen molar-refractivity contribution in [1.29, 1.82) is 0 Å². The first-order valence-corrected chi connectivity index (χ1v) is 8.87. The SMILES string of the molecule is O[C@@](CO[C@H]1CN2CCC1CC2)(c1ccccc1)C1CCC1. The van der Waals surface area contributed by atoms with Crippen molar-refractivity contribution in [3.63, 3.8) is 0 Å². The number of benzene rings is 1. The third-order valence-corrected chi connectivity index (χ3v) is 6.17. The van der Waals surface area contributed by atoms with Crippen molar-refractivity contribution in [2.75, 3.05) is 26.2 Å². The zero-order valence-corrected chi connectivity index (χ0v) is 13.3. The molecule has 120 valence electrons. The van der Waals surface area contributed by atoms with Crippen LogP contribution >= 0.6 is 0 Å². The monoisotopic (exact) mass is 301 g/mol. The molecule has 3 aliphatic heterocycles. The van der Waals surface area contributed by atoms with E-state index in [2.05, 4.69) is 17.0 Å². The summed E-state index contributed by atoms with van der Waals surface area (Å²) >= 11 is 0. The molecule has 22 heavy (non-hydrogen) atoms. The third kappa shape index (κ3) is 2.60. The number of hydrogen-bond donors (Lipinski definition) is 1. The summed E-state index contributed by atoms with van der Waals surface area (Å²) in [4.78, 5) is 2.51. The molecule has 0 unspecified atom stereocenters. The smallest absolute Gasteiger partial charge is 0.116 e. The van der Waals surface area contributed by atoms with Gasteiger partial charge in [0.05, 0.1) is 12.7 Å². The number of nitrogens with zero attached hydrogens (tertiary/aromatic N) is 1. The Morgan fingerprint density at radius 1 is 1.09 bits per heavy atom. The summed E-state index contributed by atoms with van der Waals surface area (Å²) in [5.41, 5.74) is 0.229. The van der Waals surface area contributed by atoms with Crippen LogP contribution in [0.25, 0.3) is 0 Å². The number of piperidine rings is 3. The Kier molecular flexibility index (Phi) is 3.97. The van der Waals surface area contributed by atoms with E-state index in [-0.39, 0.29) is 0 Å². The number of fused-ring (bicyclic) bond motifs is 3. The van der Waals surface area contributed by atoms with Gasteiger partial charge in [-0.25, -0.2) is 0 Å². The second-order valence-electron chi connectivity index (χ2n) is 7.41. The second kappa shape index (κ2) is 5.95. The summed E-state index contributed by atoms with van der Waals surface area (Å²) in [7, 11) is 0. The van der Waals surface area contributed by atoms with E-state index in [9.17, 15) is 5.11 Å². The molecule has 2 bridgehead atoms. The van der Waals surface area contributed by atoms with Gasteiger partial charge in [0, 0.05) is 6.54 Å². The van der Waals surface area contributed by atoms with Crippen LogP contribution in [0.1, 0.15) is 37.7 Å². The third-order valence-electron chi connectivity index (χ3n) is 6.17. The van der Waals surface area contributed by atoms with Gasteiger partial charge in [-0.2, -0.15) is 0 Å². The lowest BCUT2D eigenvalue weighted by atomic mass is 9.70. The first-order valence-electron chi connectivity index (χ1n) is 8.87. The fourth-order valence-electron chi connectivity index (χ4n) is 4.38. The van der Waals surface area contributed by atoms with Gasteiger partial charge in [-0.1, -0.05) is 36.8 Å². The van der Waals surface area contributed by atoms with Gasteiger partial charge in [-0.3, -0.25) is 0 Å². The summed E-state index contributed by atoms with van der Waals surface area (Å²) in [6.45, 7) is 3.98. The maximum absolute atomic E-state index is 11.4. The predicted molar refractivity (Wildman–Crippen MR) is 86.6 cm³/mol. The Morgan fingerprint density at radius 3 is 2.36 bits per heavy atom. The van der Waals surface area contributed by atoms with Crippen LogP contribution in [-0.4, -0.2) is 42.4 Å². The summed E-state index contributed by atoms with van der Waals surface area (Å²) in [6, 6.07) is 10.2. The molecular formula is C19H27NO2. The molecule has 5 rings (SSSR count). The molecule has 1 N–H and O–H groups in total. The number of hydrogen-bond acceptors (Lipinski definition) is 3. The molecule has 3 saturated heterocycles. The summed E-state index contributed by atoms with van der Waals surface area (Å²) in [5, 5.41) is 11.4. The molecule has 4 fully saturated rings. The van der Waals surface area contributed by atoms with Gasteiger partial charge in [0.25, 0.3) is 0 Å². The normalized spacial score (nSPS) is 34.1. The fraction of sp³-hybridized carbons (Fsp3) is 0.684. The Labute approximate surface area is 133 Å². The van der Waals surface area contributed by atoms with Crippen molar-refractivity contribution in [2.24, 2.45) is 11.8 Å². The largest absolute Gasteiger partial charge is 0.382 e.